The summed E-state index contributed by atoms with van der Waals surface area (Å²) in [6.45, 7) is 0. The fourth-order valence-corrected chi connectivity index (χ4v) is 2.42. The minimum Gasteiger partial charge on any atom is -0.493 e. The summed E-state index contributed by atoms with van der Waals surface area (Å²) in [6, 6.07) is 12.1. The van der Waals surface area contributed by atoms with Crippen LogP contribution in [0.25, 0.3) is 6.08 Å². The van der Waals surface area contributed by atoms with Crippen molar-refractivity contribution < 1.29 is 14.3 Å². The number of ether oxygens (including phenoxy) is 2. The van der Waals surface area contributed by atoms with Crippen molar-refractivity contribution >= 4 is 27.8 Å². The molecule has 0 fully saturated rings. The van der Waals surface area contributed by atoms with Gasteiger partial charge in [0.15, 0.2) is 17.3 Å². The van der Waals surface area contributed by atoms with Gasteiger partial charge in [0.05, 0.1) is 25.9 Å². The van der Waals surface area contributed by atoms with Gasteiger partial charge in [-0.3, -0.25) is 4.79 Å². The summed E-state index contributed by atoms with van der Waals surface area (Å²) >= 11 is 3.44. The number of benzene rings is 2. The lowest BCUT2D eigenvalue weighted by molar-refractivity contribution is 0.104. The highest BCUT2D eigenvalue weighted by atomic mass is 79.9. The third-order valence-electron chi connectivity index (χ3n) is 3.22. The molecule has 5 heteroatoms. The highest BCUT2D eigenvalue weighted by Crippen LogP contribution is 2.33. The Morgan fingerprint density at radius 3 is 2.30 bits per heavy atom. The minimum atomic E-state index is -0.142. The fraction of sp³-hybridized carbons (Fsp3) is 0.111. The molecular weight excluding hydrogens is 358 g/mol. The van der Waals surface area contributed by atoms with Crippen LogP contribution in [0.3, 0.4) is 0 Å². The monoisotopic (exact) mass is 371 g/mol. The molecule has 2 aromatic carbocycles. The van der Waals surface area contributed by atoms with Crippen LogP contribution >= 0.6 is 15.9 Å². The molecular formula is C18H14BrNO3. The third-order valence-corrected chi connectivity index (χ3v) is 3.90. The second-order valence-electron chi connectivity index (χ2n) is 4.62. The normalized spacial score (nSPS) is 10.3. The molecule has 0 heterocycles. The number of carbonyl (C=O) groups excluding carboxylic acids is 1. The van der Waals surface area contributed by atoms with Gasteiger partial charge in [-0.1, -0.05) is 15.9 Å². The molecule has 0 aliphatic carbocycles. The average Bonchev–Trinajstić information content (AvgIpc) is 2.60. The Hall–Kier alpha value is -2.58. The molecule has 0 amide bonds. The van der Waals surface area contributed by atoms with E-state index in [9.17, 15) is 4.79 Å². The first kappa shape index (κ1) is 16.8. The minimum absolute atomic E-state index is 0.142. The highest BCUT2D eigenvalue weighted by molar-refractivity contribution is 9.10. The fourth-order valence-electron chi connectivity index (χ4n) is 1.97. The molecule has 2 aromatic rings. The van der Waals surface area contributed by atoms with Gasteiger partial charge in [-0.15, -0.1) is 0 Å². The molecule has 0 bridgehead atoms. The van der Waals surface area contributed by atoms with Crippen molar-refractivity contribution in [2.75, 3.05) is 14.2 Å². The van der Waals surface area contributed by atoms with Crippen LogP contribution in [0.1, 0.15) is 21.5 Å². The summed E-state index contributed by atoms with van der Waals surface area (Å²) in [5.74, 6) is 1.05. The van der Waals surface area contributed by atoms with E-state index < -0.39 is 0 Å². The zero-order chi connectivity index (χ0) is 16.8. The summed E-state index contributed by atoms with van der Waals surface area (Å²) < 4.78 is 11.3. The molecule has 4 nitrogen and oxygen atoms in total. The largest absolute Gasteiger partial charge is 0.493 e. The molecule has 0 unspecified atom stereocenters. The van der Waals surface area contributed by atoms with Gasteiger partial charge in [0, 0.05) is 10.0 Å². The van der Waals surface area contributed by atoms with E-state index in [-0.39, 0.29) is 5.78 Å². The van der Waals surface area contributed by atoms with Crippen LogP contribution in [0.2, 0.25) is 0 Å². The first-order chi connectivity index (χ1) is 11.1. The number of nitriles is 1. The SMILES string of the molecule is COc1cc(Br)c(C=CC(=O)c2ccc(C#N)cc2)cc1OC. The summed E-state index contributed by atoms with van der Waals surface area (Å²) in [5, 5.41) is 8.77. The Labute approximate surface area is 143 Å². The quantitative estimate of drug-likeness (QED) is 0.582. The predicted octanol–water partition coefficient (Wildman–Crippen LogP) is 4.23. The first-order valence-electron chi connectivity index (χ1n) is 6.73. The summed E-state index contributed by atoms with van der Waals surface area (Å²) in [6.07, 6.45) is 3.18. The topological polar surface area (TPSA) is 59.3 Å². The van der Waals surface area contributed by atoms with Crippen molar-refractivity contribution in [2.24, 2.45) is 0 Å². The molecule has 116 valence electrons. The molecule has 0 saturated heterocycles. The zero-order valence-corrected chi connectivity index (χ0v) is 14.3. The van der Waals surface area contributed by atoms with Crippen LogP contribution in [-0.2, 0) is 0 Å². The maximum Gasteiger partial charge on any atom is 0.185 e. The molecule has 0 radical (unpaired) electrons. The van der Waals surface area contributed by atoms with Crippen LogP contribution in [0.4, 0.5) is 0 Å². The van der Waals surface area contributed by atoms with Crippen molar-refractivity contribution in [1.82, 2.24) is 0 Å². The molecule has 0 aliphatic heterocycles. The Balaban J connectivity index is 2.25. The Morgan fingerprint density at radius 1 is 1.13 bits per heavy atom. The number of halogens is 1. The van der Waals surface area contributed by atoms with Gasteiger partial charge in [0.1, 0.15) is 0 Å². The highest BCUT2D eigenvalue weighted by Gasteiger charge is 2.08. The van der Waals surface area contributed by atoms with Gasteiger partial charge in [0.2, 0.25) is 0 Å². The Bertz CT molecular complexity index is 789. The van der Waals surface area contributed by atoms with E-state index in [0.717, 1.165) is 10.0 Å². The number of hydrogen-bond acceptors (Lipinski definition) is 4. The van der Waals surface area contributed by atoms with Gasteiger partial charge >= 0.3 is 0 Å². The molecule has 23 heavy (non-hydrogen) atoms. The van der Waals surface area contributed by atoms with Gasteiger partial charge in [-0.05, 0) is 54.1 Å². The number of hydrogen-bond donors (Lipinski definition) is 0. The van der Waals surface area contributed by atoms with Crippen LogP contribution in [0.5, 0.6) is 11.5 Å². The van der Waals surface area contributed by atoms with Gasteiger partial charge in [-0.25, -0.2) is 0 Å². The van der Waals surface area contributed by atoms with Gasteiger partial charge < -0.3 is 9.47 Å². The smallest absolute Gasteiger partial charge is 0.185 e. The maximum atomic E-state index is 12.2. The van der Waals surface area contributed by atoms with Crippen LogP contribution in [-0.4, -0.2) is 20.0 Å². The number of methoxy groups -OCH3 is 2. The molecule has 0 N–H and O–H groups in total. The van der Waals surface area contributed by atoms with Crippen molar-refractivity contribution in [3.05, 3.63) is 63.6 Å². The van der Waals surface area contributed by atoms with E-state index in [0.29, 0.717) is 22.6 Å². The maximum absolute atomic E-state index is 12.2. The molecule has 2 rings (SSSR count). The number of rotatable bonds is 5. The molecule has 0 saturated carbocycles. The van der Waals surface area contributed by atoms with E-state index in [1.54, 1.807) is 56.7 Å². The molecule has 0 spiro atoms. The first-order valence-corrected chi connectivity index (χ1v) is 7.52. The summed E-state index contributed by atoms with van der Waals surface area (Å²) in [7, 11) is 3.12. The van der Waals surface area contributed by atoms with Crippen molar-refractivity contribution in [3.63, 3.8) is 0 Å². The van der Waals surface area contributed by atoms with E-state index in [4.69, 9.17) is 14.7 Å². The summed E-state index contributed by atoms with van der Waals surface area (Å²) in [5.41, 5.74) is 1.84. The van der Waals surface area contributed by atoms with Gasteiger partial charge in [0.25, 0.3) is 0 Å². The van der Waals surface area contributed by atoms with E-state index in [1.165, 1.54) is 6.08 Å². The number of carbonyl (C=O) groups is 1. The third kappa shape index (κ3) is 3.99. The van der Waals surface area contributed by atoms with Crippen LogP contribution in [0, 0.1) is 11.3 Å². The number of ketones is 1. The van der Waals surface area contributed by atoms with E-state index >= 15 is 0 Å². The molecule has 0 aromatic heterocycles. The molecule has 0 atom stereocenters. The Morgan fingerprint density at radius 2 is 1.74 bits per heavy atom. The summed E-state index contributed by atoms with van der Waals surface area (Å²) in [4.78, 5) is 12.2. The second-order valence-corrected chi connectivity index (χ2v) is 5.47. The standard InChI is InChI=1S/C18H14BrNO3/c1-22-17-9-14(15(19)10-18(17)23-2)7-8-16(21)13-5-3-12(11-20)4-6-13/h3-10H,1-2H3. The zero-order valence-electron chi connectivity index (χ0n) is 12.7. The van der Waals surface area contributed by atoms with Crippen molar-refractivity contribution in [2.45, 2.75) is 0 Å². The lowest BCUT2D eigenvalue weighted by Gasteiger charge is -2.09. The second kappa shape index (κ2) is 7.61. The predicted molar refractivity (Wildman–Crippen MR) is 91.8 cm³/mol. The van der Waals surface area contributed by atoms with Crippen LogP contribution < -0.4 is 9.47 Å². The average molecular weight is 372 g/mol. The number of allylic oxidation sites excluding steroid dienone is 1. The Kier molecular flexibility index (Phi) is 5.56. The lowest BCUT2D eigenvalue weighted by Crippen LogP contribution is -1.95. The lowest BCUT2D eigenvalue weighted by atomic mass is 10.1. The van der Waals surface area contributed by atoms with Crippen LogP contribution in [0.15, 0.2) is 46.9 Å². The van der Waals surface area contributed by atoms with E-state index in [2.05, 4.69) is 15.9 Å². The van der Waals surface area contributed by atoms with Crippen molar-refractivity contribution in [3.8, 4) is 17.6 Å². The van der Waals surface area contributed by atoms with Crippen molar-refractivity contribution in [1.29, 1.82) is 5.26 Å². The molecule has 0 aliphatic rings. The number of nitrogens with zero attached hydrogens (tertiary/aromatic N) is 1. The van der Waals surface area contributed by atoms with E-state index in [1.807, 2.05) is 6.07 Å². The van der Waals surface area contributed by atoms with Gasteiger partial charge in [-0.2, -0.15) is 5.26 Å².